The van der Waals surface area contributed by atoms with Crippen LogP contribution in [0.2, 0.25) is 0 Å². The summed E-state index contributed by atoms with van der Waals surface area (Å²) in [6.45, 7) is 6.95. The molecule has 0 aliphatic carbocycles. The number of hydrogen-bond acceptors (Lipinski definition) is 2. The van der Waals surface area contributed by atoms with Crippen LogP contribution >= 0.6 is 0 Å². The largest absolute Gasteiger partial charge is 0.492 e. The van der Waals surface area contributed by atoms with Crippen LogP contribution in [0, 0.1) is 20.8 Å². The standard InChI is InChI=1S/C18H21NO2/c1-13-7-9-16(10-8-13)21-12-11-19-18(20)17-6-4-5-14(2)15(17)3/h4-10H,11-12H2,1-3H3,(H,19,20). The van der Waals surface area contributed by atoms with E-state index < -0.39 is 0 Å². The number of hydrogen-bond donors (Lipinski definition) is 1. The van der Waals surface area contributed by atoms with E-state index in [0.29, 0.717) is 13.2 Å². The molecular weight excluding hydrogens is 262 g/mol. The third kappa shape index (κ3) is 4.09. The fourth-order valence-corrected chi connectivity index (χ4v) is 2.06. The van der Waals surface area contributed by atoms with Gasteiger partial charge in [0.25, 0.3) is 5.91 Å². The van der Waals surface area contributed by atoms with Crippen molar-refractivity contribution in [1.29, 1.82) is 0 Å². The van der Waals surface area contributed by atoms with Gasteiger partial charge in [0.05, 0.1) is 6.54 Å². The number of nitrogens with one attached hydrogen (secondary N) is 1. The molecule has 2 aromatic carbocycles. The highest BCUT2D eigenvalue weighted by Gasteiger charge is 2.09. The molecule has 0 bridgehead atoms. The molecule has 0 aliphatic rings. The molecule has 0 unspecified atom stereocenters. The van der Waals surface area contributed by atoms with E-state index in [-0.39, 0.29) is 5.91 Å². The summed E-state index contributed by atoms with van der Waals surface area (Å²) in [5.41, 5.74) is 4.07. The molecule has 21 heavy (non-hydrogen) atoms. The van der Waals surface area contributed by atoms with Crippen LogP contribution in [0.25, 0.3) is 0 Å². The van der Waals surface area contributed by atoms with E-state index >= 15 is 0 Å². The number of carbonyl (C=O) groups is 1. The van der Waals surface area contributed by atoms with Gasteiger partial charge in [-0.15, -0.1) is 0 Å². The number of rotatable bonds is 5. The maximum absolute atomic E-state index is 12.1. The summed E-state index contributed by atoms with van der Waals surface area (Å²) in [7, 11) is 0. The van der Waals surface area contributed by atoms with Crippen molar-refractivity contribution >= 4 is 5.91 Å². The van der Waals surface area contributed by atoms with Crippen LogP contribution in [0.4, 0.5) is 0 Å². The second-order valence-corrected chi connectivity index (χ2v) is 5.16. The fraction of sp³-hybridized carbons (Fsp3) is 0.278. The molecule has 1 amide bonds. The molecule has 0 aromatic heterocycles. The van der Waals surface area contributed by atoms with Gasteiger partial charge in [-0.1, -0.05) is 29.8 Å². The van der Waals surface area contributed by atoms with E-state index in [0.717, 1.165) is 22.4 Å². The summed E-state index contributed by atoms with van der Waals surface area (Å²) in [4.78, 5) is 12.1. The first kappa shape index (κ1) is 15.1. The topological polar surface area (TPSA) is 38.3 Å². The van der Waals surface area contributed by atoms with Crippen molar-refractivity contribution in [3.8, 4) is 5.75 Å². The predicted octanol–water partition coefficient (Wildman–Crippen LogP) is 3.42. The summed E-state index contributed by atoms with van der Waals surface area (Å²) >= 11 is 0. The van der Waals surface area contributed by atoms with Gasteiger partial charge >= 0.3 is 0 Å². The zero-order valence-corrected chi connectivity index (χ0v) is 12.8. The summed E-state index contributed by atoms with van der Waals surface area (Å²) in [6.07, 6.45) is 0. The second-order valence-electron chi connectivity index (χ2n) is 5.16. The molecule has 0 spiro atoms. The van der Waals surface area contributed by atoms with Crippen LogP contribution in [0.5, 0.6) is 5.75 Å². The van der Waals surface area contributed by atoms with E-state index in [9.17, 15) is 4.79 Å². The SMILES string of the molecule is Cc1ccc(OCCNC(=O)c2cccc(C)c2C)cc1. The van der Waals surface area contributed by atoms with Gasteiger partial charge in [0.1, 0.15) is 12.4 Å². The Morgan fingerprint density at radius 2 is 1.76 bits per heavy atom. The van der Waals surface area contributed by atoms with Gasteiger partial charge in [-0.3, -0.25) is 4.79 Å². The first-order valence-corrected chi connectivity index (χ1v) is 7.12. The lowest BCUT2D eigenvalue weighted by molar-refractivity contribution is 0.0946. The number of amides is 1. The Morgan fingerprint density at radius 1 is 1.05 bits per heavy atom. The molecule has 0 aliphatic heterocycles. The van der Waals surface area contributed by atoms with Gasteiger partial charge in [-0.2, -0.15) is 0 Å². The average molecular weight is 283 g/mol. The number of aryl methyl sites for hydroxylation is 2. The highest BCUT2D eigenvalue weighted by molar-refractivity contribution is 5.95. The molecule has 0 heterocycles. The van der Waals surface area contributed by atoms with E-state index in [1.165, 1.54) is 5.56 Å². The maximum Gasteiger partial charge on any atom is 0.251 e. The van der Waals surface area contributed by atoms with Gasteiger partial charge in [-0.05, 0) is 50.1 Å². The maximum atomic E-state index is 12.1. The number of carbonyl (C=O) groups excluding carboxylic acids is 1. The number of benzene rings is 2. The van der Waals surface area contributed by atoms with E-state index in [2.05, 4.69) is 5.32 Å². The molecule has 0 atom stereocenters. The molecule has 0 fully saturated rings. The molecule has 1 N–H and O–H groups in total. The van der Waals surface area contributed by atoms with Gasteiger partial charge in [-0.25, -0.2) is 0 Å². The third-order valence-corrected chi connectivity index (χ3v) is 3.53. The van der Waals surface area contributed by atoms with Crippen LogP contribution < -0.4 is 10.1 Å². The van der Waals surface area contributed by atoms with Crippen molar-refractivity contribution in [3.05, 3.63) is 64.7 Å². The first-order valence-electron chi connectivity index (χ1n) is 7.12. The lowest BCUT2D eigenvalue weighted by Crippen LogP contribution is -2.28. The van der Waals surface area contributed by atoms with Crippen molar-refractivity contribution in [3.63, 3.8) is 0 Å². The average Bonchev–Trinajstić information content (AvgIpc) is 2.48. The van der Waals surface area contributed by atoms with Crippen LogP contribution in [-0.4, -0.2) is 19.1 Å². The predicted molar refractivity (Wildman–Crippen MR) is 84.9 cm³/mol. The van der Waals surface area contributed by atoms with Crippen molar-refractivity contribution in [1.82, 2.24) is 5.32 Å². The molecule has 110 valence electrons. The Kier molecular flexibility index (Phi) is 4.99. The van der Waals surface area contributed by atoms with Gasteiger partial charge < -0.3 is 10.1 Å². The zero-order valence-electron chi connectivity index (χ0n) is 12.8. The van der Waals surface area contributed by atoms with Crippen molar-refractivity contribution in [2.45, 2.75) is 20.8 Å². The molecule has 0 saturated heterocycles. The smallest absolute Gasteiger partial charge is 0.251 e. The minimum atomic E-state index is -0.0521. The van der Waals surface area contributed by atoms with E-state index in [1.54, 1.807) is 0 Å². The monoisotopic (exact) mass is 283 g/mol. The summed E-state index contributed by atoms with van der Waals surface area (Å²) in [5.74, 6) is 0.769. The lowest BCUT2D eigenvalue weighted by Gasteiger charge is -2.10. The molecule has 3 heteroatoms. The van der Waals surface area contributed by atoms with Crippen LogP contribution in [0.1, 0.15) is 27.0 Å². The van der Waals surface area contributed by atoms with E-state index in [1.807, 2.05) is 63.2 Å². The Balaban J connectivity index is 1.82. The van der Waals surface area contributed by atoms with Crippen molar-refractivity contribution in [2.75, 3.05) is 13.2 Å². The Morgan fingerprint density at radius 3 is 2.48 bits per heavy atom. The molecular formula is C18H21NO2. The van der Waals surface area contributed by atoms with Crippen LogP contribution in [0.15, 0.2) is 42.5 Å². The zero-order chi connectivity index (χ0) is 15.2. The summed E-state index contributed by atoms with van der Waals surface area (Å²) < 4.78 is 5.59. The van der Waals surface area contributed by atoms with Gasteiger partial charge in [0, 0.05) is 5.56 Å². The minimum Gasteiger partial charge on any atom is -0.492 e. The van der Waals surface area contributed by atoms with Gasteiger partial charge in [0.15, 0.2) is 0 Å². The molecule has 0 radical (unpaired) electrons. The van der Waals surface area contributed by atoms with Crippen LogP contribution in [-0.2, 0) is 0 Å². The Bertz CT molecular complexity index is 618. The number of ether oxygens (including phenoxy) is 1. The highest BCUT2D eigenvalue weighted by Crippen LogP contribution is 2.13. The Hall–Kier alpha value is -2.29. The lowest BCUT2D eigenvalue weighted by atomic mass is 10.0. The highest BCUT2D eigenvalue weighted by atomic mass is 16.5. The molecule has 0 saturated carbocycles. The van der Waals surface area contributed by atoms with Crippen molar-refractivity contribution in [2.24, 2.45) is 0 Å². The summed E-state index contributed by atoms with van der Waals surface area (Å²) in [6, 6.07) is 13.6. The first-order chi connectivity index (χ1) is 10.1. The molecule has 3 nitrogen and oxygen atoms in total. The van der Waals surface area contributed by atoms with Crippen LogP contribution in [0.3, 0.4) is 0 Å². The van der Waals surface area contributed by atoms with Crippen molar-refractivity contribution < 1.29 is 9.53 Å². The fourth-order valence-electron chi connectivity index (χ4n) is 2.06. The van der Waals surface area contributed by atoms with E-state index in [4.69, 9.17) is 4.74 Å². The normalized spacial score (nSPS) is 10.2. The second kappa shape index (κ2) is 6.93. The third-order valence-electron chi connectivity index (χ3n) is 3.53. The van der Waals surface area contributed by atoms with Gasteiger partial charge in [0.2, 0.25) is 0 Å². The molecule has 2 rings (SSSR count). The quantitative estimate of drug-likeness (QED) is 0.854. The Labute approximate surface area is 126 Å². The molecule has 2 aromatic rings. The minimum absolute atomic E-state index is 0.0521. The summed E-state index contributed by atoms with van der Waals surface area (Å²) in [5, 5.41) is 2.88.